The van der Waals surface area contributed by atoms with Crippen LogP contribution in [-0.4, -0.2) is 12.6 Å². The molecule has 0 aliphatic rings. The van der Waals surface area contributed by atoms with Gasteiger partial charge in [-0.05, 0) is 43.3 Å². The van der Waals surface area contributed by atoms with Gasteiger partial charge < -0.3 is 11.1 Å². The monoisotopic (exact) mass is 212 g/mol. The Morgan fingerprint density at radius 1 is 1.57 bits per heavy atom. The third-order valence-corrected chi connectivity index (χ3v) is 3.49. The molecule has 3 heteroatoms. The van der Waals surface area contributed by atoms with Gasteiger partial charge in [-0.1, -0.05) is 6.92 Å². The SMILES string of the molecule is CCC(N)CCNCc1sccc1C. The highest BCUT2D eigenvalue weighted by atomic mass is 32.1. The zero-order valence-corrected chi connectivity index (χ0v) is 9.86. The Kier molecular flexibility index (Phi) is 5.15. The summed E-state index contributed by atoms with van der Waals surface area (Å²) in [4.78, 5) is 1.44. The van der Waals surface area contributed by atoms with Crippen molar-refractivity contribution in [3.63, 3.8) is 0 Å². The number of hydrogen-bond acceptors (Lipinski definition) is 3. The number of hydrogen-bond donors (Lipinski definition) is 2. The van der Waals surface area contributed by atoms with Crippen molar-refractivity contribution in [3.05, 3.63) is 21.9 Å². The maximum absolute atomic E-state index is 5.82. The van der Waals surface area contributed by atoms with Crippen molar-refractivity contribution in [2.24, 2.45) is 5.73 Å². The Morgan fingerprint density at radius 3 is 2.93 bits per heavy atom. The van der Waals surface area contributed by atoms with Crippen LogP contribution in [0.5, 0.6) is 0 Å². The lowest BCUT2D eigenvalue weighted by Crippen LogP contribution is -2.25. The van der Waals surface area contributed by atoms with E-state index in [0.29, 0.717) is 6.04 Å². The largest absolute Gasteiger partial charge is 0.328 e. The second-order valence-corrected chi connectivity index (χ2v) is 4.66. The van der Waals surface area contributed by atoms with Crippen molar-refractivity contribution < 1.29 is 0 Å². The lowest BCUT2D eigenvalue weighted by Gasteiger charge is -2.09. The maximum Gasteiger partial charge on any atom is 0.0302 e. The number of nitrogens with one attached hydrogen (secondary N) is 1. The normalized spacial score (nSPS) is 13.1. The Bertz CT molecular complexity index is 258. The van der Waals surface area contributed by atoms with Crippen LogP contribution in [0.15, 0.2) is 11.4 Å². The fraction of sp³-hybridized carbons (Fsp3) is 0.636. The zero-order chi connectivity index (χ0) is 10.4. The fourth-order valence-corrected chi connectivity index (χ4v) is 2.15. The summed E-state index contributed by atoms with van der Waals surface area (Å²) in [5.74, 6) is 0. The van der Waals surface area contributed by atoms with E-state index in [2.05, 4.69) is 30.6 Å². The number of aryl methyl sites for hydroxylation is 1. The van der Waals surface area contributed by atoms with Crippen molar-refractivity contribution in [3.8, 4) is 0 Å². The Labute approximate surface area is 90.5 Å². The Balaban J connectivity index is 2.13. The van der Waals surface area contributed by atoms with Crippen molar-refractivity contribution in [2.75, 3.05) is 6.54 Å². The van der Waals surface area contributed by atoms with Gasteiger partial charge in [0.2, 0.25) is 0 Å². The highest BCUT2D eigenvalue weighted by molar-refractivity contribution is 7.10. The first-order valence-electron chi connectivity index (χ1n) is 5.23. The van der Waals surface area contributed by atoms with E-state index in [1.807, 2.05) is 11.3 Å². The van der Waals surface area contributed by atoms with Crippen LogP contribution in [0.2, 0.25) is 0 Å². The minimum atomic E-state index is 0.354. The van der Waals surface area contributed by atoms with Gasteiger partial charge in [0, 0.05) is 17.5 Å². The molecule has 1 heterocycles. The smallest absolute Gasteiger partial charge is 0.0302 e. The van der Waals surface area contributed by atoms with Crippen LogP contribution in [-0.2, 0) is 6.54 Å². The summed E-state index contributed by atoms with van der Waals surface area (Å²) in [5.41, 5.74) is 7.22. The molecule has 0 aliphatic carbocycles. The summed E-state index contributed by atoms with van der Waals surface area (Å²) in [6.45, 7) is 6.30. The molecule has 0 aliphatic heterocycles. The highest BCUT2D eigenvalue weighted by Gasteiger charge is 2.00. The van der Waals surface area contributed by atoms with Gasteiger partial charge in [-0.15, -0.1) is 11.3 Å². The van der Waals surface area contributed by atoms with Crippen LogP contribution in [0.25, 0.3) is 0 Å². The molecule has 2 nitrogen and oxygen atoms in total. The van der Waals surface area contributed by atoms with Crippen molar-refractivity contribution in [1.82, 2.24) is 5.32 Å². The molecule has 0 saturated carbocycles. The molecule has 1 aromatic rings. The average molecular weight is 212 g/mol. The van der Waals surface area contributed by atoms with Crippen molar-refractivity contribution in [2.45, 2.75) is 39.3 Å². The second-order valence-electron chi connectivity index (χ2n) is 3.66. The molecular formula is C11H20N2S. The van der Waals surface area contributed by atoms with E-state index in [1.165, 1.54) is 10.4 Å². The zero-order valence-electron chi connectivity index (χ0n) is 9.05. The summed E-state index contributed by atoms with van der Waals surface area (Å²) in [5, 5.41) is 5.57. The van der Waals surface area contributed by atoms with Gasteiger partial charge in [-0.2, -0.15) is 0 Å². The molecule has 0 fully saturated rings. The first kappa shape index (κ1) is 11.7. The molecule has 3 N–H and O–H groups in total. The highest BCUT2D eigenvalue weighted by Crippen LogP contribution is 2.14. The molecule has 0 amide bonds. The van der Waals surface area contributed by atoms with Gasteiger partial charge in [0.05, 0.1) is 0 Å². The van der Waals surface area contributed by atoms with Crippen LogP contribution in [0.1, 0.15) is 30.2 Å². The van der Waals surface area contributed by atoms with Crippen LogP contribution in [0.3, 0.4) is 0 Å². The topological polar surface area (TPSA) is 38.0 Å². The van der Waals surface area contributed by atoms with Gasteiger partial charge in [0.25, 0.3) is 0 Å². The predicted molar refractivity (Wildman–Crippen MR) is 63.6 cm³/mol. The lowest BCUT2D eigenvalue weighted by molar-refractivity contribution is 0.550. The lowest BCUT2D eigenvalue weighted by atomic mass is 10.2. The molecule has 0 aromatic carbocycles. The van der Waals surface area contributed by atoms with Gasteiger partial charge in [-0.3, -0.25) is 0 Å². The van der Waals surface area contributed by atoms with Crippen molar-refractivity contribution in [1.29, 1.82) is 0 Å². The predicted octanol–water partition coefficient (Wildman–Crippen LogP) is 2.27. The van der Waals surface area contributed by atoms with Crippen LogP contribution >= 0.6 is 11.3 Å². The van der Waals surface area contributed by atoms with E-state index in [0.717, 1.165) is 25.9 Å². The molecule has 0 radical (unpaired) electrons. The van der Waals surface area contributed by atoms with Crippen LogP contribution in [0.4, 0.5) is 0 Å². The molecule has 1 unspecified atom stereocenters. The van der Waals surface area contributed by atoms with Gasteiger partial charge in [-0.25, -0.2) is 0 Å². The maximum atomic E-state index is 5.82. The Morgan fingerprint density at radius 2 is 2.36 bits per heavy atom. The molecule has 1 atom stereocenters. The van der Waals surface area contributed by atoms with Gasteiger partial charge in [0.15, 0.2) is 0 Å². The van der Waals surface area contributed by atoms with E-state index in [4.69, 9.17) is 5.73 Å². The van der Waals surface area contributed by atoms with Crippen LogP contribution in [0, 0.1) is 6.92 Å². The molecule has 0 bridgehead atoms. The first-order valence-corrected chi connectivity index (χ1v) is 6.11. The molecule has 14 heavy (non-hydrogen) atoms. The molecule has 1 aromatic heterocycles. The third-order valence-electron chi connectivity index (χ3n) is 2.47. The average Bonchev–Trinajstić information content (AvgIpc) is 2.58. The standard InChI is InChI=1S/C11H20N2S/c1-3-10(12)4-6-13-8-11-9(2)5-7-14-11/h5,7,10,13H,3-4,6,8,12H2,1-2H3. The molecule has 0 saturated heterocycles. The number of rotatable bonds is 6. The summed E-state index contributed by atoms with van der Waals surface area (Å²) < 4.78 is 0. The number of nitrogens with two attached hydrogens (primary N) is 1. The summed E-state index contributed by atoms with van der Waals surface area (Å²) >= 11 is 1.82. The van der Waals surface area contributed by atoms with E-state index in [9.17, 15) is 0 Å². The second kappa shape index (κ2) is 6.17. The molecule has 1 rings (SSSR count). The fourth-order valence-electron chi connectivity index (χ4n) is 1.28. The van der Waals surface area contributed by atoms with Crippen molar-refractivity contribution >= 4 is 11.3 Å². The van der Waals surface area contributed by atoms with Gasteiger partial charge in [0.1, 0.15) is 0 Å². The molecule has 0 spiro atoms. The van der Waals surface area contributed by atoms with Crippen LogP contribution < -0.4 is 11.1 Å². The van der Waals surface area contributed by atoms with E-state index < -0.39 is 0 Å². The van der Waals surface area contributed by atoms with E-state index in [-0.39, 0.29) is 0 Å². The minimum Gasteiger partial charge on any atom is -0.328 e. The number of thiophene rings is 1. The Hall–Kier alpha value is -0.380. The van der Waals surface area contributed by atoms with E-state index >= 15 is 0 Å². The molecular weight excluding hydrogens is 192 g/mol. The summed E-state index contributed by atoms with van der Waals surface area (Å²) in [6.07, 6.45) is 2.14. The quantitative estimate of drug-likeness (QED) is 0.710. The molecule has 80 valence electrons. The summed E-state index contributed by atoms with van der Waals surface area (Å²) in [6, 6.07) is 2.52. The minimum absolute atomic E-state index is 0.354. The van der Waals surface area contributed by atoms with Gasteiger partial charge >= 0.3 is 0 Å². The third kappa shape index (κ3) is 3.78. The summed E-state index contributed by atoms with van der Waals surface area (Å²) in [7, 11) is 0. The van der Waals surface area contributed by atoms with E-state index in [1.54, 1.807) is 0 Å². The first-order chi connectivity index (χ1) is 6.74.